The molecule has 0 spiro atoms. The minimum absolute atomic E-state index is 0.0578. The second kappa shape index (κ2) is 4.97. The van der Waals surface area contributed by atoms with E-state index in [1.807, 2.05) is 20.0 Å². The summed E-state index contributed by atoms with van der Waals surface area (Å²) in [5.41, 5.74) is 5.64. The monoisotopic (exact) mass is 313 g/mol. The van der Waals surface area contributed by atoms with Gasteiger partial charge in [-0.1, -0.05) is 0 Å². The zero-order valence-corrected chi connectivity index (χ0v) is 11.8. The first-order valence-corrected chi connectivity index (χ1v) is 6.64. The van der Waals surface area contributed by atoms with E-state index >= 15 is 0 Å². The van der Waals surface area contributed by atoms with Crippen LogP contribution in [0.4, 0.5) is 11.8 Å². The van der Waals surface area contributed by atoms with Gasteiger partial charge in [-0.3, -0.25) is 0 Å². The van der Waals surface area contributed by atoms with E-state index in [0.29, 0.717) is 16.4 Å². The van der Waals surface area contributed by atoms with Gasteiger partial charge in [0.2, 0.25) is 5.95 Å². The molecule has 0 aliphatic rings. The lowest BCUT2D eigenvalue weighted by atomic mass is 10.3. The third-order valence-electron chi connectivity index (χ3n) is 2.07. The van der Waals surface area contributed by atoms with Gasteiger partial charge >= 0.3 is 0 Å². The van der Waals surface area contributed by atoms with Crippen LogP contribution in [0.1, 0.15) is 22.9 Å². The number of nitrogens with one attached hydrogen (secondary N) is 1. The van der Waals surface area contributed by atoms with E-state index in [0.717, 1.165) is 5.01 Å². The van der Waals surface area contributed by atoms with Crippen LogP contribution in [0, 0.1) is 6.92 Å². The van der Waals surface area contributed by atoms with Gasteiger partial charge in [-0.05, 0) is 29.8 Å². The summed E-state index contributed by atoms with van der Waals surface area (Å²) in [5.74, 6) is 0.925. The Balaban J connectivity index is 2.15. The van der Waals surface area contributed by atoms with Crippen molar-refractivity contribution in [2.24, 2.45) is 0 Å². The molecule has 2 aromatic rings. The molecule has 1 atom stereocenters. The van der Waals surface area contributed by atoms with E-state index in [4.69, 9.17) is 5.73 Å². The van der Waals surface area contributed by atoms with Gasteiger partial charge in [0.15, 0.2) is 0 Å². The third kappa shape index (κ3) is 3.13. The number of thiazole rings is 1. The molecule has 0 fully saturated rings. The van der Waals surface area contributed by atoms with Crippen molar-refractivity contribution >= 4 is 39.0 Å². The lowest BCUT2D eigenvalue weighted by Crippen LogP contribution is -2.10. The first-order valence-electron chi connectivity index (χ1n) is 5.03. The Labute approximate surface area is 112 Å². The molecule has 2 heterocycles. The molecule has 90 valence electrons. The van der Waals surface area contributed by atoms with E-state index < -0.39 is 0 Å². The number of anilines is 2. The zero-order valence-electron chi connectivity index (χ0n) is 9.44. The van der Waals surface area contributed by atoms with Crippen LogP contribution < -0.4 is 11.1 Å². The van der Waals surface area contributed by atoms with Crippen LogP contribution in [0.25, 0.3) is 0 Å². The summed E-state index contributed by atoms with van der Waals surface area (Å²) in [6, 6.07) is 1.71. The van der Waals surface area contributed by atoms with Gasteiger partial charge in [0, 0.05) is 17.1 Å². The van der Waals surface area contributed by atoms with Crippen LogP contribution in [0.15, 0.2) is 16.9 Å². The number of aryl methyl sites for hydroxylation is 1. The predicted molar refractivity (Wildman–Crippen MR) is 73.0 cm³/mol. The van der Waals surface area contributed by atoms with Gasteiger partial charge in [-0.2, -0.15) is 4.98 Å². The van der Waals surface area contributed by atoms with Gasteiger partial charge in [0.05, 0.1) is 6.04 Å². The van der Waals surface area contributed by atoms with Crippen LogP contribution in [-0.2, 0) is 0 Å². The van der Waals surface area contributed by atoms with Gasteiger partial charge in [0.25, 0.3) is 0 Å². The second-order valence-electron chi connectivity index (χ2n) is 3.61. The standard InChI is InChI=1S/C10H12BrN5S/c1-5-4-13-9(17-5)6(2)14-10-15-7(11)3-8(12)16-10/h3-4,6H,1-2H3,(H3,12,14,15,16). The Bertz CT molecular complexity index is 507. The van der Waals surface area contributed by atoms with Crippen LogP contribution in [-0.4, -0.2) is 15.0 Å². The fraction of sp³-hybridized carbons (Fsp3) is 0.300. The summed E-state index contributed by atoms with van der Waals surface area (Å²) in [5, 5.41) is 4.17. The highest BCUT2D eigenvalue weighted by molar-refractivity contribution is 9.10. The molecule has 0 aliphatic carbocycles. The number of nitrogens with zero attached hydrogens (tertiary/aromatic N) is 3. The van der Waals surface area contributed by atoms with Crippen molar-refractivity contribution in [2.45, 2.75) is 19.9 Å². The summed E-state index contributed by atoms with van der Waals surface area (Å²) in [7, 11) is 0. The SMILES string of the molecule is Cc1cnc(C(C)Nc2nc(N)cc(Br)n2)s1. The number of aromatic nitrogens is 3. The molecule has 3 N–H and O–H groups in total. The minimum atomic E-state index is 0.0578. The highest BCUT2D eigenvalue weighted by Gasteiger charge is 2.11. The topological polar surface area (TPSA) is 76.7 Å². The Morgan fingerprint density at radius 3 is 2.82 bits per heavy atom. The van der Waals surface area contributed by atoms with Crippen molar-refractivity contribution in [3.8, 4) is 0 Å². The van der Waals surface area contributed by atoms with Gasteiger partial charge in [0.1, 0.15) is 15.4 Å². The van der Waals surface area contributed by atoms with Crippen molar-refractivity contribution in [3.63, 3.8) is 0 Å². The molecular formula is C10H12BrN5S. The molecule has 2 aromatic heterocycles. The number of hydrogen-bond acceptors (Lipinski definition) is 6. The van der Waals surface area contributed by atoms with Gasteiger partial charge < -0.3 is 11.1 Å². The fourth-order valence-electron chi connectivity index (χ4n) is 1.33. The molecule has 2 rings (SSSR count). The molecule has 0 aromatic carbocycles. The maximum Gasteiger partial charge on any atom is 0.226 e. The Kier molecular flexibility index (Phi) is 3.58. The lowest BCUT2D eigenvalue weighted by Gasteiger charge is -2.11. The zero-order chi connectivity index (χ0) is 12.4. The minimum Gasteiger partial charge on any atom is -0.383 e. The normalized spacial score (nSPS) is 12.4. The molecule has 0 radical (unpaired) electrons. The van der Waals surface area contributed by atoms with Gasteiger partial charge in [-0.15, -0.1) is 11.3 Å². The Hall–Kier alpha value is -1.21. The summed E-state index contributed by atoms with van der Waals surface area (Å²) in [6.45, 7) is 4.04. The number of hydrogen-bond donors (Lipinski definition) is 2. The summed E-state index contributed by atoms with van der Waals surface area (Å²) >= 11 is 4.93. The molecule has 0 bridgehead atoms. The third-order valence-corrected chi connectivity index (χ3v) is 3.57. The van der Waals surface area contributed by atoms with Gasteiger partial charge in [-0.25, -0.2) is 9.97 Å². The molecule has 1 unspecified atom stereocenters. The largest absolute Gasteiger partial charge is 0.383 e. The molecule has 17 heavy (non-hydrogen) atoms. The molecule has 7 heteroatoms. The quantitative estimate of drug-likeness (QED) is 0.852. The van der Waals surface area contributed by atoms with E-state index in [-0.39, 0.29) is 6.04 Å². The van der Waals surface area contributed by atoms with Crippen molar-refractivity contribution in [1.29, 1.82) is 0 Å². The van der Waals surface area contributed by atoms with E-state index in [2.05, 4.69) is 36.2 Å². The van der Waals surface area contributed by atoms with Crippen molar-refractivity contribution < 1.29 is 0 Å². The highest BCUT2D eigenvalue weighted by Crippen LogP contribution is 2.22. The number of nitrogens with two attached hydrogens (primary N) is 1. The van der Waals surface area contributed by atoms with Crippen molar-refractivity contribution in [3.05, 3.63) is 26.8 Å². The number of rotatable bonds is 3. The van der Waals surface area contributed by atoms with E-state index in [1.165, 1.54) is 4.88 Å². The fourth-order valence-corrected chi connectivity index (χ4v) is 2.51. The smallest absolute Gasteiger partial charge is 0.226 e. The molecular weight excluding hydrogens is 302 g/mol. The Morgan fingerprint density at radius 2 is 2.24 bits per heavy atom. The van der Waals surface area contributed by atoms with Crippen molar-refractivity contribution in [1.82, 2.24) is 15.0 Å². The molecule has 0 saturated heterocycles. The maximum absolute atomic E-state index is 5.64. The number of halogens is 1. The van der Waals surface area contributed by atoms with Crippen molar-refractivity contribution in [2.75, 3.05) is 11.1 Å². The lowest BCUT2D eigenvalue weighted by molar-refractivity contribution is 0.847. The number of nitrogen functional groups attached to an aromatic ring is 1. The summed E-state index contributed by atoms with van der Waals surface area (Å²) in [4.78, 5) is 13.8. The van der Waals surface area contributed by atoms with E-state index in [1.54, 1.807) is 17.4 Å². The maximum atomic E-state index is 5.64. The molecule has 0 aliphatic heterocycles. The average Bonchev–Trinajstić information content (AvgIpc) is 2.63. The van der Waals surface area contributed by atoms with Crippen LogP contribution in [0.2, 0.25) is 0 Å². The first-order chi connectivity index (χ1) is 8.04. The molecule has 0 amide bonds. The van der Waals surface area contributed by atoms with Crippen LogP contribution >= 0.6 is 27.3 Å². The molecule has 5 nitrogen and oxygen atoms in total. The average molecular weight is 314 g/mol. The van der Waals surface area contributed by atoms with Crippen LogP contribution in [0.3, 0.4) is 0 Å². The predicted octanol–water partition coefficient (Wildman–Crippen LogP) is 2.76. The summed E-state index contributed by atoms with van der Waals surface area (Å²) < 4.78 is 0.662. The first kappa shape index (κ1) is 12.3. The Morgan fingerprint density at radius 1 is 1.47 bits per heavy atom. The highest BCUT2D eigenvalue weighted by atomic mass is 79.9. The van der Waals surface area contributed by atoms with Crippen LogP contribution in [0.5, 0.6) is 0 Å². The molecule has 0 saturated carbocycles. The van der Waals surface area contributed by atoms with E-state index in [9.17, 15) is 0 Å². The summed E-state index contributed by atoms with van der Waals surface area (Å²) in [6.07, 6.45) is 1.86. The second-order valence-corrected chi connectivity index (χ2v) is 5.69.